The lowest BCUT2D eigenvalue weighted by atomic mass is 9.97. The lowest BCUT2D eigenvalue weighted by molar-refractivity contribution is -0.00550. The number of rotatable bonds is 5. The van der Waals surface area contributed by atoms with Gasteiger partial charge in [-0.05, 0) is 45.4 Å². The van der Waals surface area contributed by atoms with E-state index < -0.39 is 5.60 Å². The molecule has 108 valence electrons. The molecule has 4 heteroatoms. The Morgan fingerprint density at radius 1 is 1.45 bits per heavy atom. The minimum atomic E-state index is -0.680. The molecule has 2 rings (SSSR count). The number of hydrogen-bond donors (Lipinski definition) is 1. The van der Waals surface area contributed by atoms with Crippen LogP contribution in [-0.2, 0) is 0 Å². The molecule has 0 amide bonds. The zero-order chi connectivity index (χ0) is 14.6. The quantitative estimate of drug-likeness (QED) is 0.894. The van der Waals surface area contributed by atoms with Gasteiger partial charge in [-0.15, -0.1) is 0 Å². The number of para-hydroxylation sites is 1. The zero-order valence-electron chi connectivity index (χ0n) is 12.2. The molecule has 1 aliphatic heterocycles. The first-order valence-electron chi connectivity index (χ1n) is 7.10. The Hall–Kier alpha value is -1.57. The van der Waals surface area contributed by atoms with E-state index in [2.05, 4.69) is 11.0 Å². The highest BCUT2D eigenvalue weighted by Gasteiger charge is 2.35. The molecule has 1 saturated heterocycles. The Kier molecular flexibility index (Phi) is 4.64. The van der Waals surface area contributed by atoms with Crippen LogP contribution in [0.1, 0.15) is 32.3 Å². The van der Waals surface area contributed by atoms with Crippen molar-refractivity contribution in [2.45, 2.75) is 38.3 Å². The molecule has 0 spiro atoms. The predicted molar refractivity (Wildman–Crippen MR) is 77.5 cm³/mol. The number of benzene rings is 1. The lowest BCUT2D eigenvalue weighted by Crippen LogP contribution is -2.46. The molecule has 4 nitrogen and oxygen atoms in total. The number of hydrogen-bond acceptors (Lipinski definition) is 4. The van der Waals surface area contributed by atoms with Crippen LogP contribution in [0, 0.1) is 11.3 Å². The first kappa shape index (κ1) is 14.8. The Morgan fingerprint density at radius 2 is 2.20 bits per heavy atom. The highest BCUT2D eigenvalue weighted by Crippen LogP contribution is 2.26. The van der Waals surface area contributed by atoms with Gasteiger partial charge in [0.05, 0.1) is 11.2 Å². The topological polar surface area (TPSA) is 56.5 Å². The van der Waals surface area contributed by atoms with E-state index in [9.17, 15) is 5.11 Å². The summed E-state index contributed by atoms with van der Waals surface area (Å²) in [5, 5.41) is 19.2. The van der Waals surface area contributed by atoms with Crippen LogP contribution >= 0.6 is 0 Å². The molecular formula is C16H22N2O2. The first-order valence-corrected chi connectivity index (χ1v) is 7.10. The normalized spacial score (nSPS) is 19.8. The highest BCUT2D eigenvalue weighted by atomic mass is 16.5. The predicted octanol–water partition coefficient (Wildman–Crippen LogP) is 2.17. The molecule has 1 atom stereocenters. The number of likely N-dealkylation sites (tertiary alicyclic amines) is 1. The number of aliphatic hydroxyl groups is 1. The van der Waals surface area contributed by atoms with Gasteiger partial charge in [-0.1, -0.05) is 12.1 Å². The Bertz CT molecular complexity index is 488. The van der Waals surface area contributed by atoms with Crippen LogP contribution in [0.3, 0.4) is 0 Å². The van der Waals surface area contributed by atoms with Gasteiger partial charge in [0.2, 0.25) is 0 Å². The van der Waals surface area contributed by atoms with Crippen molar-refractivity contribution in [2.24, 2.45) is 0 Å². The second-order valence-corrected chi connectivity index (χ2v) is 5.80. The monoisotopic (exact) mass is 274 g/mol. The zero-order valence-corrected chi connectivity index (χ0v) is 12.2. The number of nitrogens with zero attached hydrogens (tertiary/aromatic N) is 2. The van der Waals surface area contributed by atoms with Gasteiger partial charge in [-0.3, -0.25) is 4.90 Å². The Morgan fingerprint density at radius 3 is 2.90 bits per heavy atom. The van der Waals surface area contributed by atoms with E-state index in [1.54, 1.807) is 6.07 Å². The molecule has 1 unspecified atom stereocenters. The number of nitriles is 1. The van der Waals surface area contributed by atoms with Crippen molar-refractivity contribution in [1.29, 1.82) is 5.26 Å². The van der Waals surface area contributed by atoms with Crippen LogP contribution < -0.4 is 4.74 Å². The van der Waals surface area contributed by atoms with Gasteiger partial charge in [0.15, 0.2) is 0 Å². The molecule has 1 N–H and O–H groups in total. The van der Waals surface area contributed by atoms with Crippen molar-refractivity contribution < 1.29 is 9.84 Å². The molecule has 1 heterocycles. The third-order valence-electron chi connectivity index (χ3n) is 3.82. The molecular weight excluding hydrogens is 252 g/mol. The molecule has 1 aromatic rings. The SMILES string of the molecule is CC(C)(O)C1CCCN1CCOc1ccccc1C#N. The summed E-state index contributed by atoms with van der Waals surface area (Å²) in [6, 6.07) is 9.59. The van der Waals surface area contributed by atoms with E-state index in [0.29, 0.717) is 17.9 Å². The summed E-state index contributed by atoms with van der Waals surface area (Å²) in [7, 11) is 0. The fourth-order valence-corrected chi connectivity index (χ4v) is 2.85. The Labute approximate surface area is 120 Å². The second-order valence-electron chi connectivity index (χ2n) is 5.80. The van der Waals surface area contributed by atoms with Crippen molar-refractivity contribution in [3.8, 4) is 11.8 Å². The largest absolute Gasteiger partial charge is 0.491 e. The van der Waals surface area contributed by atoms with Crippen molar-refractivity contribution in [1.82, 2.24) is 4.90 Å². The van der Waals surface area contributed by atoms with E-state index in [-0.39, 0.29) is 6.04 Å². The third-order valence-corrected chi connectivity index (χ3v) is 3.82. The summed E-state index contributed by atoms with van der Waals surface area (Å²) in [5.41, 5.74) is -0.117. The molecule has 0 aromatic heterocycles. The second kappa shape index (κ2) is 6.25. The Balaban J connectivity index is 1.89. The lowest BCUT2D eigenvalue weighted by Gasteiger charge is -2.33. The molecule has 1 aromatic carbocycles. The van der Waals surface area contributed by atoms with Gasteiger partial charge in [0.1, 0.15) is 18.4 Å². The maximum atomic E-state index is 10.2. The molecule has 0 radical (unpaired) electrons. The summed E-state index contributed by atoms with van der Waals surface area (Å²) in [6.45, 7) is 6.03. The smallest absolute Gasteiger partial charge is 0.137 e. The van der Waals surface area contributed by atoms with E-state index in [1.165, 1.54) is 0 Å². The molecule has 0 saturated carbocycles. The van der Waals surface area contributed by atoms with Crippen LogP contribution in [0.25, 0.3) is 0 Å². The van der Waals surface area contributed by atoms with Gasteiger partial charge in [0.25, 0.3) is 0 Å². The fraction of sp³-hybridized carbons (Fsp3) is 0.562. The summed E-state index contributed by atoms with van der Waals surface area (Å²) in [4.78, 5) is 2.27. The minimum Gasteiger partial charge on any atom is -0.491 e. The first-order chi connectivity index (χ1) is 9.52. The summed E-state index contributed by atoms with van der Waals surface area (Å²) >= 11 is 0. The van der Waals surface area contributed by atoms with Crippen LogP contribution in [0.15, 0.2) is 24.3 Å². The average molecular weight is 274 g/mol. The van der Waals surface area contributed by atoms with Gasteiger partial charge in [0, 0.05) is 12.6 Å². The minimum absolute atomic E-state index is 0.192. The number of ether oxygens (including phenoxy) is 1. The van der Waals surface area contributed by atoms with E-state index in [1.807, 2.05) is 32.0 Å². The summed E-state index contributed by atoms with van der Waals surface area (Å²) < 4.78 is 5.71. The van der Waals surface area contributed by atoms with Crippen LogP contribution in [0.4, 0.5) is 0 Å². The van der Waals surface area contributed by atoms with Gasteiger partial charge in [-0.2, -0.15) is 5.26 Å². The van der Waals surface area contributed by atoms with Crippen LogP contribution in [-0.4, -0.2) is 41.3 Å². The van der Waals surface area contributed by atoms with Crippen molar-refractivity contribution >= 4 is 0 Å². The van der Waals surface area contributed by atoms with Gasteiger partial charge >= 0.3 is 0 Å². The van der Waals surface area contributed by atoms with E-state index >= 15 is 0 Å². The third kappa shape index (κ3) is 3.50. The molecule has 20 heavy (non-hydrogen) atoms. The highest BCUT2D eigenvalue weighted by molar-refractivity contribution is 5.42. The maximum absolute atomic E-state index is 10.2. The van der Waals surface area contributed by atoms with Gasteiger partial charge in [-0.25, -0.2) is 0 Å². The van der Waals surface area contributed by atoms with E-state index in [0.717, 1.165) is 25.9 Å². The van der Waals surface area contributed by atoms with Crippen molar-refractivity contribution in [3.63, 3.8) is 0 Å². The van der Waals surface area contributed by atoms with Gasteiger partial charge < -0.3 is 9.84 Å². The van der Waals surface area contributed by atoms with Crippen LogP contribution in [0.5, 0.6) is 5.75 Å². The fourth-order valence-electron chi connectivity index (χ4n) is 2.85. The summed E-state index contributed by atoms with van der Waals surface area (Å²) in [6.07, 6.45) is 2.14. The van der Waals surface area contributed by atoms with E-state index in [4.69, 9.17) is 10.00 Å². The van der Waals surface area contributed by atoms with Crippen LogP contribution in [0.2, 0.25) is 0 Å². The average Bonchev–Trinajstić information content (AvgIpc) is 2.88. The van der Waals surface area contributed by atoms with Crippen molar-refractivity contribution in [3.05, 3.63) is 29.8 Å². The standard InChI is InChI=1S/C16H22N2O2/c1-16(2,19)15-8-5-9-18(15)10-11-20-14-7-4-3-6-13(14)12-17/h3-4,6-7,15,19H,5,8-11H2,1-2H3. The summed E-state index contributed by atoms with van der Waals surface area (Å²) in [5.74, 6) is 0.633. The molecule has 1 fully saturated rings. The van der Waals surface area contributed by atoms with Crippen molar-refractivity contribution in [2.75, 3.05) is 19.7 Å². The maximum Gasteiger partial charge on any atom is 0.137 e. The molecule has 0 aliphatic carbocycles. The molecule has 0 bridgehead atoms. The molecule has 1 aliphatic rings.